The molecule has 2 rings (SSSR count). The maximum Gasteiger partial charge on any atom is 0.303 e. The lowest BCUT2D eigenvalue weighted by Gasteiger charge is -2.27. The molecule has 0 atom stereocenters. The van der Waals surface area contributed by atoms with Gasteiger partial charge in [-0.1, -0.05) is 0 Å². The van der Waals surface area contributed by atoms with E-state index in [-0.39, 0.29) is 12.4 Å². The van der Waals surface area contributed by atoms with Crippen LogP contribution < -0.4 is 5.73 Å². The maximum absolute atomic E-state index is 10.6. The summed E-state index contributed by atoms with van der Waals surface area (Å²) in [6, 6.07) is 3.86. The Kier molecular flexibility index (Phi) is 5.41. The summed E-state index contributed by atoms with van der Waals surface area (Å²) >= 11 is 0. The Hall–Kier alpha value is -1.29. The molecular formula is C13H19ClN2O2. The van der Waals surface area contributed by atoms with Gasteiger partial charge in [0.15, 0.2) is 0 Å². The number of hydrogen-bond acceptors (Lipinski definition) is 3. The van der Waals surface area contributed by atoms with E-state index in [1.54, 1.807) is 6.20 Å². The number of nitrogens with two attached hydrogens (primary N) is 1. The molecule has 0 radical (unpaired) electrons. The fourth-order valence-corrected chi connectivity index (χ4v) is 2.57. The molecule has 1 aromatic heterocycles. The molecule has 5 heteroatoms. The van der Waals surface area contributed by atoms with Gasteiger partial charge in [0.05, 0.1) is 11.9 Å². The van der Waals surface area contributed by atoms with E-state index in [2.05, 4.69) is 4.98 Å². The normalized spacial score (nSPS) is 23.1. The second-order valence-electron chi connectivity index (χ2n) is 4.83. The zero-order chi connectivity index (χ0) is 12.3. The molecule has 1 saturated carbocycles. The minimum absolute atomic E-state index is 0. The van der Waals surface area contributed by atoms with Crippen molar-refractivity contribution in [2.45, 2.75) is 38.0 Å². The lowest BCUT2D eigenvalue weighted by molar-refractivity contribution is -0.138. The third kappa shape index (κ3) is 3.88. The summed E-state index contributed by atoms with van der Waals surface area (Å²) in [7, 11) is 0. The Morgan fingerprint density at radius 1 is 1.33 bits per heavy atom. The molecule has 0 amide bonds. The van der Waals surface area contributed by atoms with Crippen LogP contribution in [0, 0.1) is 5.92 Å². The van der Waals surface area contributed by atoms with Crippen LogP contribution in [0.4, 0.5) is 5.69 Å². The number of carbonyl (C=O) groups is 1. The highest BCUT2D eigenvalue weighted by molar-refractivity contribution is 5.85. The average Bonchev–Trinajstić information content (AvgIpc) is 2.30. The lowest BCUT2D eigenvalue weighted by atomic mass is 9.79. The molecule has 1 heterocycles. The number of anilines is 1. The average molecular weight is 271 g/mol. The van der Waals surface area contributed by atoms with Gasteiger partial charge in [0, 0.05) is 18.0 Å². The van der Waals surface area contributed by atoms with Gasteiger partial charge in [-0.25, -0.2) is 0 Å². The zero-order valence-corrected chi connectivity index (χ0v) is 11.0. The van der Waals surface area contributed by atoms with Crippen molar-refractivity contribution in [2.24, 2.45) is 5.92 Å². The molecule has 1 aromatic rings. The summed E-state index contributed by atoms with van der Waals surface area (Å²) in [5.74, 6) is 0.136. The summed E-state index contributed by atoms with van der Waals surface area (Å²) in [4.78, 5) is 15.0. The van der Waals surface area contributed by atoms with E-state index in [1.165, 1.54) is 0 Å². The van der Waals surface area contributed by atoms with Gasteiger partial charge in [0.25, 0.3) is 0 Å². The monoisotopic (exact) mass is 270 g/mol. The topological polar surface area (TPSA) is 76.2 Å². The first-order chi connectivity index (χ1) is 8.15. The molecule has 0 unspecified atom stereocenters. The number of aliphatic carboxylic acids is 1. The Morgan fingerprint density at radius 3 is 2.50 bits per heavy atom. The number of rotatable bonds is 3. The number of carboxylic acid groups (broad SMARTS) is 1. The van der Waals surface area contributed by atoms with Crippen molar-refractivity contribution in [3.8, 4) is 0 Å². The standard InChI is InChI=1S/C13H18N2O2.ClH/c14-11-5-6-12(15-8-11)10-3-1-9(2-4-10)7-13(16)17;/h5-6,8-10H,1-4,7,14H2,(H,16,17);1H. The number of hydrogen-bond donors (Lipinski definition) is 2. The Labute approximate surface area is 113 Å². The van der Waals surface area contributed by atoms with E-state index in [0.29, 0.717) is 23.9 Å². The van der Waals surface area contributed by atoms with Crippen molar-refractivity contribution >= 4 is 24.1 Å². The summed E-state index contributed by atoms with van der Waals surface area (Å²) in [5.41, 5.74) is 7.38. The second-order valence-corrected chi connectivity index (χ2v) is 4.83. The third-order valence-corrected chi connectivity index (χ3v) is 3.54. The van der Waals surface area contributed by atoms with Crippen molar-refractivity contribution in [3.05, 3.63) is 24.0 Å². The molecule has 1 aliphatic carbocycles. The quantitative estimate of drug-likeness (QED) is 0.885. The molecular weight excluding hydrogens is 252 g/mol. The van der Waals surface area contributed by atoms with E-state index in [9.17, 15) is 4.79 Å². The first kappa shape index (κ1) is 14.8. The van der Waals surface area contributed by atoms with Crippen LogP contribution in [0.5, 0.6) is 0 Å². The number of aromatic nitrogens is 1. The molecule has 3 N–H and O–H groups in total. The molecule has 18 heavy (non-hydrogen) atoms. The molecule has 0 aromatic carbocycles. The van der Waals surface area contributed by atoms with Crippen molar-refractivity contribution in [3.63, 3.8) is 0 Å². The Morgan fingerprint density at radius 2 is 2.00 bits per heavy atom. The van der Waals surface area contributed by atoms with Crippen molar-refractivity contribution in [2.75, 3.05) is 5.73 Å². The number of nitrogen functional groups attached to an aromatic ring is 1. The van der Waals surface area contributed by atoms with Crippen LogP contribution >= 0.6 is 12.4 Å². The van der Waals surface area contributed by atoms with Crippen LogP contribution in [0.25, 0.3) is 0 Å². The maximum atomic E-state index is 10.6. The Bertz CT molecular complexity index is 386. The van der Waals surface area contributed by atoms with Crippen molar-refractivity contribution in [1.29, 1.82) is 0 Å². The van der Waals surface area contributed by atoms with Crippen LogP contribution in [0.3, 0.4) is 0 Å². The fourth-order valence-electron chi connectivity index (χ4n) is 2.57. The first-order valence-corrected chi connectivity index (χ1v) is 6.08. The largest absolute Gasteiger partial charge is 0.481 e. The molecule has 0 saturated heterocycles. The highest BCUT2D eigenvalue weighted by Crippen LogP contribution is 2.36. The highest BCUT2D eigenvalue weighted by atomic mass is 35.5. The van der Waals surface area contributed by atoms with Crippen LogP contribution in [0.1, 0.15) is 43.7 Å². The second kappa shape index (κ2) is 6.59. The fraction of sp³-hybridized carbons (Fsp3) is 0.538. The summed E-state index contributed by atoms with van der Waals surface area (Å²) in [6.45, 7) is 0. The first-order valence-electron chi connectivity index (χ1n) is 6.08. The summed E-state index contributed by atoms with van der Waals surface area (Å²) in [6.07, 6.45) is 6.05. The van der Waals surface area contributed by atoms with Gasteiger partial charge in [-0.2, -0.15) is 0 Å². The van der Waals surface area contributed by atoms with Gasteiger partial charge >= 0.3 is 5.97 Å². The molecule has 0 spiro atoms. The lowest BCUT2D eigenvalue weighted by Crippen LogP contribution is -2.16. The van der Waals surface area contributed by atoms with Gasteiger partial charge in [0.2, 0.25) is 0 Å². The van der Waals surface area contributed by atoms with Gasteiger partial charge < -0.3 is 10.8 Å². The SMILES string of the molecule is Cl.Nc1ccc(C2CCC(CC(=O)O)CC2)nc1. The summed E-state index contributed by atoms with van der Waals surface area (Å²) in [5, 5.41) is 8.75. The summed E-state index contributed by atoms with van der Waals surface area (Å²) < 4.78 is 0. The minimum Gasteiger partial charge on any atom is -0.481 e. The van der Waals surface area contributed by atoms with Crippen LogP contribution in [-0.2, 0) is 4.79 Å². The number of halogens is 1. The van der Waals surface area contributed by atoms with Crippen LogP contribution in [0.15, 0.2) is 18.3 Å². The van der Waals surface area contributed by atoms with Crippen LogP contribution in [-0.4, -0.2) is 16.1 Å². The number of nitrogens with zero attached hydrogens (tertiary/aromatic N) is 1. The molecule has 0 bridgehead atoms. The predicted molar refractivity (Wildman–Crippen MR) is 72.8 cm³/mol. The van der Waals surface area contributed by atoms with E-state index in [0.717, 1.165) is 31.4 Å². The molecule has 1 fully saturated rings. The highest BCUT2D eigenvalue weighted by Gasteiger charge is 2.24. The van der Waals surface area contributed by atoms with Gasteiger partial charge in [-0.05, 0) is 43.7 Å². The van der Waals surface area contributed by atoms with Gasteiger partial charge in [-0.3, -0.25) is 9.78 Å². The van der Waals surface area contributed by atoms with E-state index in [4.69, 9.17) is 10.8 Å². The van der Waals surface area contributed by atoms with E-state index < -0.39 is 5.97 Å². The zero-order valence-electron chi connectivity index (χ0n) is 10.2. The Balaban J connectivity index is 0.00000162. The minimum atomic E-state index is -0.681. The van der Waals surface area contributed by atoms with Crippen molar-refractivity contribution < 1.29 is 9.90 Å². The smallest absolute Gasteiger partial charge is 0.303 e. The third-order valence-electron chi connectivity index (χ3n) is 3.54. The van der Waals surface area contributed by atoms with Gasteiger partial charge in [-0.15, -0.1) is 12.4 Å². The van der Waals surface area contributed by atoms with Crippen LogP contribution in [0.2, 0.25) is 0 Å². The molecule has 0 aliphatic heterocycles. The van der Waals surface area contributed by atoms with E-state index >= 15 is 0 Å². The molecule has 1 aliphatic rings. The number of pyridine rings is 1. The predicted octanol–water partition coefficient (Wildman–Crippen LogP) is 2.83. The molecule has 100 valence electrons. The van der Waals surface area contributed by atoms with E-state index in [1.807, 2.05) is 12.1 Å². The van der Waals surface area contributed by atoms with Gasteiger partial charge in [0.1, 0.15) is 0 Å². The van der Waals surface area contributed by atoms with Crippen molar-refractivity contribution in [1.82, 2.24) is 4.98 Å². The molecule has 4 nitrogen and oxygen atoms in total. The number of carboxylic acids is 1.